The fraction of sp³-hybridized carbons (Fsp3) is 1.00. The van der Waals surface area contributed by atoms with Gasteiger partial charge in [0.25, 0.3) is 10.1 Å². The second-order valence-corrected chi connectivity index (χ2v) is 3.35. The zero-order valence-corrected chi connectivity index (χ0v) is 7.00. The molecule has 0 aromatic carbocycles. The molecule has 0 rings (SSSR count). The van der Waals surface area contributed by atoms with Gasteiger partial charge in [-0.25, -0.2) is 4.89 Å². The van der Waals surface area contributed by atoms with Crippen LogP contribution in [-0.4, -0.2) is 25.0 Å². The van der Waals surface area contributed by atoms with Crippen LogP contribution in [0.2, 0.25) is 0 Å². The van der Waals surface area contributed by atoms with Gasteiger partial charge in [0, 0.05) is 0 Å². The van der Waals surface area contributed by atoms with E-state index in [1.807, 2.05) is 0 Å². The first-order valence-electron chi connectivity index (χ1n) is 2.89. The van der Waals surface area contributed by atoms with E-state index < -0.39 is 15.6 Å². The molecule has 68 valence electrons. The molecule has 6 nitrogen and oxygen atoms in total. The second-order valence-electron chi connectivity index (χ2n) is 1.65. The number of hydrogen-bond acceptors (Lipinski definition) is 5. The predicted molar refractivity (Wildman–Crippen MR) is 34.8 cm³/mol. The van der Waals surface area contributed by atoms with Gasteiger partial charge in [-0.15, -0.1) is 0 Å². The highest BCUT2D eigenvalue weighted by atomic mass is 32.2. The summed E-state index contributed by atoms with van der Waals surface area (Å²) in [5, 5.41) is 3.93. The summed E-state index contributed by atoms with van der Waals surface area (Å²) in [6.45, 7) is 2.95. The van der Waals surface area contributed by atoms with Gasteiger partial charge >= 0.3 is 0 Å². The lowest BCUT2D eigenvalue weighted by Crippen LogP contribution is -2.20. The molecular formula is C4H10O6S. The Morgan fingerprint density at radius 1 is 1.55 bits per heavy atom. The molecule has 0 aromatic rings. The van der Waals surface area contributed by atoms with Crippen molar-refractivity contribution in [1.29, 1.82) is 0 Å². The van der Waals surface area contributed by atoms with Crippen LogP contribution in [0.5, 0.6) is 0 Å². The monoisotopic (exact) mass is 186 g/mol. The summed E-state index contributed by atoms with van der Waals surface area (Å²) < 4.78 is 28.7. The Hall–Kier alpha value is -0.210. The molecule has 1 unspecified atom stereocenters. The molecule has 0 spiro atoms. The third-order valence-electron chi connectivity index (χ3n) is 0.760. The van der Waals surface area contributed by atoms with Crippen molar-refractivity contribution in [1.82, 2.24) is 0 Å². The van der Waals surface area contributed by atoms with E-state index in [1.54, 1.807) is 6.92 Å². The quantitative estimate of drug-likeness (QED) is 0.284. The van der Waals surface area contributed by atoms with Crippen LogP contribution in [0.1, 0.15) is 13.8 Å². The molecule has 7 heteroatoms. The molecule has 11 heavy (non-hydrogen) atoms. The maximum absolute atomic E-state index is 10.2. The zero-order valence-electron chi connectivity index (χ0n) is 6.18. The molecule has 0 bridgehead atoms. The molecule has 0 fully saturated rings. The summed E-state index contributed by atoms with van der Waals surface area (Å²) in [5.41, 5.74) is -1.45. The highest BCUT2D eigenvalue weighted by Gasteiger charge is 2.19. The van der Waals surface area contributed by atoms with E-state index >= 15 is 0 Å². The van der Waals surface area contributed by atoms with Gasteiger partial charge in [-0.3, -0.25) is 4.55 Å². The summed E-state index contributed by atoms with van der Waals surface area (Å²) in [4.78, 5) is 8.29. The van der Waals surface area contributed by atoms with Crippen LogP contribution >= 0.6 is 0 Å². The maximum Gasteiger partial charge on any atom is 0.295 e. The van der Waals surface area contributed by atoms with E-state index in [9.17, 15) is 8.42 Å². The highest BCUT2D eigenvalue weighted by Crippen LogP contribution is 1.99. The van der Waals surface area contributed by atoms with Crippen molar-refractivity contribution in [3.8, 4) is 0 Å². The highest BCUT2D eigenvalue weighted by molar-refractivity contribution is 7.86. The van der Waals surface area contributed by atoms with Gasteiger partial charge in [0.15, 0.2) is 0 Å². The minimum atomic E-state index is -4.21. The number of rotatable bonds is 5. The van der Waals surface area contributed by atoms with E-state index in [2.05, 4.69) is 14.8 Å². The summed E-state index contributed by atoms with van der Waals surface area (Å²) in [6.07, 6.45) is 0. The van der Waals surface area contributed by atoms with Gasteiger partial charge in [-0.1, -0.05) is 5.04 Å². The smallest absolute Gasteiger partial charge is 0.283 e. The van der Waals surface area contributed by atoms with E-state index in [-0.39, 0.29) is 6.61 Å². The first-order chi connectivity index (χ1) is 4.98. The molecule has 1 atom stereocenters. The first kappa shape index (κ1) is 10.8. The summed E-state index contributed by atoms with van der Waals surface area (Å²) in [5.74, 6) is 0. The van der Waals surface area contributed by atoms with Crippen LogP contribution in [0.15, 0.2) is 0 Å². The van der Waals surface area contributed by atoms with E-state index in [0.29, 0.717) is 0 Å². The second kappa shape index (κ2) is 4.62. The Labute approximate surface area is 64.7 Å². The van der Waals surface area contributed by atoms with Crippen LogP contribution in [0, 0.1) is 0 Å². The molecule has 0 saturated carbocycles. The van der Waals surface area contributed by atoms with Gasteiger partial charge in [0.2, 0.25) is 5.44 Å². The Balaban J connectivity index is 3.62. The molecule has 0 aliphatic heterocycles. The SMILES string of the molecule is CCOOOC(C)S(=O)(=O)O. The lowest BCUT2D eigenvalue weighted by Gasteiger charge is -2.05. The Morgan fingerprint density at radius 3 is 2.45 bits per heavy atom. The maximum atomic E-state index is 10.2. The predicted octanol–water partition coefficient (Wildman–Crippen LogP) is 0.120. The summed E-state index contributed by atoms with van der Waals surface area (Å²) in [7, 11) is -4.21. The normalized spacial score (nSPS) is 14.8. The minimum absolute atomic E-state index is 0.220. The summed E-state index contributed by atoms with van der Waals surface area (Å²) >= 11 is 0. The molecule has 0 aliphatic carbocycles. The summed E-state index contributed by atoms with van der Waals surface area (Å²) in [6, 6.07) is 0. The van der Waals surface area contributed by atoms with Crippen molar-refractivity contribution in [2.45, 2.75) is 19.3 Å². The van der Waals surface area contributed by atoms with Crippen molar-refractivity contribution < 1.29 is 27.8 Å². The molecule has 0 amide bonds. The Bertz CT molecular complexity index is 185. The third-order valence-corrected chi connectivity index (χ3v) is 1.68. The molecule has 0 aromatic heterocycles. The van der Waals surface area contributed by atoms with Crippen LogP contribution in [0.4, 0.5) is 0 Å². The molecular weight excluding hydrogens is 176 g/mol. The molecule has 0 aliphatic rings. The van der Waals surface area contributed by atoms with Crippen molar-refractivity contribution in [2.24, 2.45) is 0 Å². The topological polar surface area (TPSA) is 82.1 Å². The fourth-order valence-corrected chi connectivity index (χ4v) is 0.312. The van der Waals surface area contributed by atoms with E-state index in [4.69, 9.17) is 4.55 Å². The minimum Gasteiger partial charge on any atom is -0.283 e. The largest absolute Gasteiger partial charge is 0.295 e. The van der Waals surface area contributed by atoms with Gasteiger partial charge in [-0.2, -0.15) is 13.3 Å². The average Bonchev–Trinajstić information content (AvgIpc) is 1.86. The van der Waals surface area contributed by atoms with Crippen LogP contribution < -0.4 is 0 Å². The van der Waals surface area contributed by atoms with Crippen molar-refractivity contribution >= 4 is 10.1 Å². The fourth-order valence-electron chi connectivity index (χ4n) is 0.181. The van der Waals surface area contributed by atoms with Gasteiger partial charge in [0.05, 0.1) is 6.61 Å². The van der Waals surface area contributed by atoms with E-state index in [0.717, 1.165) is 6.92 Å². The Kier molecular flexibility index (Phi) is 4.54. The molecule has 0 radical (unpaired) electrons. The standard InChI is InChI=1S/C4H10O6S/c1-3-8-10-9-4(2)11(5,6)7/h4H,3H2,1-2H3,(H,5,6,7). The lowest BCUT2D eigenvalue weighted by atomic mass is 10.9. The van der Waals surface area contributed by atoms with Gasteiger partial charge < -0.3 is 0 Å². The van der Waals surface area contributed by atoms with E-state index in [1.165, 1.54) is 0 Å². The van der Waals surface area contributed by atoms with Crippen LogP contribution in [0.3, 0.4) is 0 Å². The third kappa shape index (κ3) is 5.10. The van der Waals surface area contributed by atoms with Crippen molar-refractivity contribution in [3.05, 3.63) is 0 Å². The Morgan fingerprint density at radius 2 is 2.09 bits per heavy atom. The molecule has 0 saturated heterocycles. The van der Waals surface area contributed by atoms with Crippen LogP contribution in [-0.2, 0) is 24.9 Å². The zero-order chi connectivity index (χ0) is 8.91. The van der Waals surface area contributed by atoms with Crippen molar-refractivity contribution in [2.75, 3.05) is 6.61 Å². The first-order valence-corrected chi connectivity index (χ1v) is 4.40. The lowest BCUT2D eigenvalue weighted by molar-refractivity contribution is -0.515. The molecule has 0 heterocycles. The van der Waals surface area contributed by atoms with Gasteiger partial charge in [-0.05, 0) is 13.8 Å². The average molecular weight is 186 g/mol. The van der Waals surface area contributed by atoms with Gasteiger partial charge in [0.1, 0.15) is 0 Å². The van der Waals surface area contributed by atoms with Crippen LogP contribution in [0.25, 0.3) is 0 Å². The molecule has 1 N–H and O–H groups in total. The van der Waals surface area contributed by atoms with Crippen molar-refractivity contribution in [3.63, 3.8) is 0 Å². The number of hydrogen-bond donors (Lipinski definition) is 1.